The number of aromatic amines is 1. The lowest BCUT2D eigenvalue weighted by Crippen LogP contribution is -2.21. The van der Waals surface area contributed by atoms with Gasteiger partial charge < -0.3 is 0 Å². The quantitative estimate of drug-likeness (QED) is 0.671. The predicted molar refractivity (Wildman–Crippen MR) is 110 cm³/mol. The van der Waals surface area contributed by atoms with Crippen LogP contribution in [0.2, 0.25) is 0 Å². The van der Waals surface area contributed by atoms with Crippen molar-refractivity contribution in [2.45, 2.75) is 18.7 Å². The molecule has 0 unspecified atom stereocenters. The van der Waals surface area contributed by atoms with E-state index in [0.29, 0.717) is 16.9 Å². The first-order valence-electron chi connectivity index (χ1n) is 8.65. The molecule has 0 saturated heterocycles. The van der Waals surface area contributed by atoms with E-state index in [1.807, 2.05) is 31.2 Å². The SMILES string of the molecule is Cc1ccc(-n2[nH]c(C)c(C=Nc3ccc(S(=O)(=O)N(C)C)cc3)c2=O)cc1. The molecule has 0 amide bonds. The second kappa shape index (κ2) is 7.57. The maximum Gasteiger partial charge on any atom is 0.280 e. The van der Waals surface area contributed by atoms with E-state index in [0.717, 1.165) is 15.6 Å². The smallest absolute Gasteiger partial charge is 0.280 e. The number of rotatable bonds is 5. The number of aromatic nitrogens is 2. The molecule has 0 aliphatic heterocycles. The largest absolute Gasteiger partial charge is 0.295 e. The molecule has 8 heteroatoms. The summed E-state index contributed by atoms with van der Waals surface area (Å²) in [6, 6.07) is 13.8. The van der Waals surface area contributed by atoms with Crippen molar-refractivity contribution in [3.05, 3.63) is 75.7 Å². The van der Waals surface area contributed by atoms with Crippen LogP contribution in [0.3, 0.4) is 0 Å². The zero-order valence-electron chi connectivity index (χ0n) is 16.2. The average molecular weight is 398 g/mol. The molecule has 0 atom stereocenters. The summed E-state index contributed by atoms with van der Waals surface area (Å²) in [5.41, 5.74) is 3.36. The molecule has 146 valence electrons. The number of benzene rings is 2. The maximum absolute atomic E-state index is 12.7. The summed E-state index contributed by atoms with van der Waals surface area (Å²) in [5, 5.41) is 3.05. The van der Waals surface area contributed by atoms with Crippen molar-refractivity contribution in [3.63, 3.8) is 0 Å². The summed E-state index contributed by atoms with van der Waals surface area (Å²) in [6.45, 7) is 3.79. The van der Waals surface area contributed by atoms with Gasteiger partial charge in [-0.25, -0.2) is 17.4 Å². The van der Waals surface area contributed by atoms with Crippen molar-refractivity contribution >= 4 is 21.9 Å². The van der Waals surface area contributed by atoms with Crippen LogP contribution in [0.15, 0.2) is 63.2 Å². The highest BCUT2D eigenvalue weighted by molar-refractivity contribution is 7.89. The fourth-order valence-electron chi connectivity index (χ4n) is 2.64. The second-order valence-corrected chi connectivity index (χ2v) is 8.82. The number of hydrogen-bond acceptors (Lipinski definition) is 4. The highest BCUT2D eigenvalue weighted by Crippen LogP contribution is 2.18. The molecule has 0 fully saturated rings. The van der Waals surface area contributed by atoms with Gasteiger partial charge in [-0.2, -0.15) is 0 Å². The number of hydrogen-bond donors (Lipinski definition) is 1. The van der Waals surface area contributed by atoms with Gasteiger partial charge in [0.1, 0.15) is 0 Å². The molecule has 0 spiro atoms. The Morgan fingerprint density at radius 2 is 1.61 bits per heavy atom. The molecule has 1 N–H and O–H groups in total. The van der Waals surface area contributed by atoms with Gasteiger partial charge >= 0.3 is 0 Å². The van der Waals surface area contributed by atoms with E-state index in [2.05, 4.69) is 10.1 Å². The van der Waals surface area contributed by atoms with Crippen LogP contribution < -0.4 is 5.56 Å². The fraction of sp³-hybridized carbons (Fsp3) is 0.200. The molecule has 0 aliphatic carbocycles. The third kappa shape index (κ3) is 3.83. The first-order valence-corrected chi connectivity index (χ1v) is 10.1. The van der Waals surface area contributed by atoms with Crippen LogP contribution in [0.4, 0.5) is 5.69 Å². The second-order valence-electron chi connectivity index (χ2n) is 6.67. The van der Waals surface area contributed by atoms with Crippen LogP contribution in [-0.4, -0.2) is 42.8 Å². The van der Waals surface area contributed by atoms with Crippen molar-refractivity contribution in [3.8, 4) is 5.69 Å². The van der Waals surface area contributed by atoms with Gasteiger partial charge in [-0.05, 0) is 50.2 Å². The standard InChI is InChI=1S/C20H22N4O3S/c1-14-5-9-17(10-6-14)24-20(25)19(15(2)22-24)13-21-16-7-11-18(12-8-16)28(26,27)23(3)4/h5-13,22H,1-4H3. The number of nitrogens with zero attached hydrogens (tertiary/aromatic N) is 3. The zero-order valence-corrected chi connectivity index (χ0v) is 17.0. The lowest BCUT2D eigenvalue weighted by molar-refractivity contribution is 0.521. The van der Waals surface area contributed by atoms with Crippen molar-refractivity contribution in [1.82, 2.24) is 14.1 Å². The summed E-state index contributed by atoms with van der Waals surface area (Å²) >= 11 is 0. The van der Waals surface area contributed by atoms with Gasteiger partial charge in [0.25, 0.3) is 5.56 Å². The van der Waals surface area contributed by atoms with E-state index in [9.17, 15) is 13.2 Å². The van der Waals surface area contributed by atoms with Crippen molar-refractivity contribution in [1.29, 1.82) is 0 Å². The minimum atomic E-state index is -3.48. The Labute approximate surface area is 164 Å². The van der Waals surface area contributed by atoms with Gasteiger partial charge in [0.15, 0.2) is 0 Å². The number of aryl methyl sites for hydroxylation is 2. The Kier molecular flexibility index (Phi) is 5.35. The number of H-pyrrole nitrogens is 1. The van der Waals surface area contributed by atoms with Gasteiger partial charge in [0.05, 0.1) is 21.8 Å². The fourth-order valence-corrected chi connectivity index (χ4v) is 3.54. The Balaban J connectivity index is 1.89. The van der Waals surface area contributed by atoms with E-state index < -0.39 is 10.0 Å². The van der Waals surface area contributed by atoms with Gasteiger partial charge in [-0.3, -0.25) is 14.9 Å². The van der Waals surface area contributed by atoms with E-state index in [-0.39, 0.29) is 10.5 Å². The molecule has 0 radical (unpaired) electrons. The first-order chi connectivity index (χ1) is 13.2. The lowest BCUT2D eigenvalue weighted by atomic mass is 10.2. The minimum Gasteiger partial charge on any atom is -0.295 e. The molecule has 3 aromatic rings. The molecule has 28 heavy (non-hydrogen) atoms. The molecule has 7 nitrogen and oxygen atoms in total. The van der Waals surface area contributed by atoms with E-state index in [1.165, 1.54) is 37.1 Å². The predicted octanol–water partition coefficient (Wildman–Crippen LogP) is 2.78. The molecule has 1 heterocycles. The Morgan fingerprint density at radius 1 is 1.00 bits per heavy atom. The summed E-state index contributed by atoms with van der Waals surface area (Å²) in [4.78, 5) is 17.2. The normalized spacial score (nSPS) is 12.2. The van der Waals surface area contributed by atoms with E-state index in [4.69, 9.17) is 0 Å². The Bertz CT molecular complexity index is 1170. The third-order valence-corrected chi connectivity index (χ3v) is 6.20. The van der Waals surface area contributed by atoms with Crippen molar-refractivity contribution in [2.24, 2.45) is 4.99 Å². The monoisotopic (exact) mass is 398 g/mol. The molecule has 3 rings (SSSR count). The summed E-state index contributed by atoms with van der Waals surface area (Å²) < 4.78 is 26.8. The average Bonchev–Trinajstić information content (AvgIpc) is 2.95. The number of sulfonamides is 1. The van der Waals surface area contributed by atoms with Gasteiger partial charge in [-0.15, -0.1) is 0 Å². The van der Waals surface area contributed by atoms with Crippen LogP contribution in [0, 0.1) is 13.8 Å². The van der Waals surface area contributed by atoms with Crippen LogP contribution in [-0.2, 0) is 10.0 Å². The van der Waals surface area contributed by atoms with E-state index >= 15 is 0 Å². The molecule has 0 bridgehead atoms. The van der Waals surface area contributed by atoms with Gasteiger partial charge in [0.2, 0.25) is 10.0 Å². The molecular weight excluding hydrogens is 376 g/mol. The van der Waals surface area contributed by atoms with Crippen molar-refractivity contribution in [2.75, 3.05) is 14.1 Å². The molecular formula is C20H22N4O3S. The molecule has 2 aromatic carbocycles. The summed E-state index contributed by atoms with van der Waals surface area (Å²) in [6.07, 6.45) is 1.49. The summed E-state index contributed by atoms with van der Waals surface area (Å²) in [5.74, 6) is 0. The highest BCUT2D eigenvalue weighted by atomic mass is 32.2. The zero-order chi connectivity index (χ0) is 20.5. The van der Waals surface area contributed by atoms with E-state index in [1.54, 1.807) is 19.1 Å². The van der Waals surface area contributed by atoms with Crippen LogP contribution in [0.25, 0.3) is 5.69 Å². The lowest BCUT2D eigenvalue weighted by Gasteiger charge is -2.10. The van der Waals surface area contributed by atoms with Crippen LogP contribution in [0.5, 0.6) is 0 Å². The van der Waals surface area contributed by atoms with Gasteiger partial charge in [-0.1, -0.05) is 17.7 Å². The number of nitrogens with one attached hydrogen (secondary N) is 1. The number of aliphatic imine (C=N–C) groups is 1. The topological polar surface area (TPSA) is 87.5 Å². The Morgan fingerprint density at radius 3 is 2.18 bits per heavy atom. The third-order valence-electron chi connectivity index (χ3n) is 4.37. The van der Waals surface area contributed by atoms with Gasteiger partial charge in [0, 0.05) is 26.0 Å². The minimum absolute atomic E-state index is 0.191. The van der Waals surface area contributed by atoms with Crippen LogP contribution in [0.1, 0.15) is 16.8 Å². The highest BCUT2D eigenvalue weighted by Gasteiger charge is 2.16. The first kappa shape index (κ1) is 19.8. The van der Waals surface area contributed by atoms with Crippen LogP contribution >= 0.6 is 0 Å². The summed E-state index contributed by atoms with van der Waals surface area (Å²) in [7, 11) is -0.519. The molecule has 0 saturated carbocycles. The molecule has 1 aromatic heterocycles. The molecule has 0 aliphatic rings. The maximum atomic E-state index is 12.7. The van der Waals surface area contributed by atoms with Crippen molar-refractivity contribution < 1.29 is 8.42 Å². The Hall–Kier alpha value is -2.97.